The maximum absolute atomic E-state index is 11.1. The first-order valence-electron chi connectivity index (χ1n) is 7.82. The molecule has 0 bridgehead atoms. The molecule has 2 heterocycles. The smallest absolute Gasteiger partial charge is 0.303 e. The van der Waals surface area contributed by atoms with Crippen LogP contribution < -0.4 is 0 Å². The molecule has 11 nitrogen and oxygen atoms in total. The monoisotopic (exact) mass is 368 g/mol. The SMILES string of the molecule is CC(=O)O[C@@H]1[C@@H](O)[C@@H](O)[C@H](O[C@@H]2[C@@H](O)[C@H](O)O[C@H](CO)[C@H]2O)O[C@H]1C. The summed E-state index contributed by atoms with van der Waals surface area (Å²) in [6.07, 6.45) is -14.3. The summed E-state index contributed by atoms with van der Waals surface area (Å²) in [6, 6.07) is 0. The fourth-order valence-corrected chi connectivity index (χ4v) is 2.86. The molecule has 0 saturated carbocycles. The van der Waals surface area contributed by atoms with Gasteiger partial charge in [-0.05, 0) is 6.92 Å². The first kappa shape index (κ1) is 20.4. The van der Waals surface area contributed by atoms with E-state index in [1.54, 1.807) is 0 Å². The molecule has 2 fully saturated rings. The van der Waals surface area contributed by atoms with E-state index in [4.69, 9.17) is 24.1 Å². The van der Waals surface area contributed by atoms with E-state index in [0.29, 0.717) is 0 Å². The number of ether oxygens (including phenoxy) is 4. The van der Waals surface area contributed by atoms with Crippen LogP contribution in [0.15, 0.2) is 0 Å². The number of carbonyl (C=O) groups excluding carboxylic acids is 1. The minimum atomic E-state index is -1.73. The standard InChI is InChI=1S/C14H24O11/c1-4-11(23-5(2)16)8(18)9(19)14(22-4)25-12-7(17)6(3-15)24-13(21)10(12)20/h4,6-15,17-21H,3H2,1-2H3/t4-,6+,7+,8-,9+,10+,11-,12-,13+,14-/m0/s1. The predicted molar refractivity (Wildman–Crippen MR) is 76.8 cm³/mol. The maximum atomic E-state index is 11.1. The van der Waals surface area contributed by atoms with E-state index in [-0.39, 0.29) is 0 Å². The Bertz CT molecular complexity index is 460. The minimum Gasteiger partial charge on any atom is -0.457 e. The lowest BCUT2D eigenvalue weighted by Gasteiger charge is -2.45. The molecule has 0 aromatic heterocycles. The molecule has 2 rings (SSSR count). The molecule has 2 saturated heterocycles. The third kappa shape index (κ3) is 4.27. The normalized spacial score (nSPS) is 48.2. The summed E-state index contributed by atoms with van der Waals surface area (Å²) < 4.78 is 20.4. The van der Waals surface area contributed by atoms with Gasteiger partial charge in [0.15, 0.2) is 18.7 Å². The molecule has 2 aliphatic rings. The number of esters is 1. The largest absolute Gasteiger partial charge is 0.457 e. The maximum Gasteiger partial charge on any atom is 0.303 e. The number of aliphatic hydroxyl groups is 6. The zero-order valence-electron chi connectivity index (χ0n) is 13.7. The van der Waals surface area contributed by atoms with E-state index in [9.17, 15) is 30.3 Å². The average Bonchev–Trinajstić information content (AvgIpc) is 2.55. The summed E-state index contributed by atoms with van der Waals surface area (Å²) in [7, 11) is 0. The van der Waals surface area contributed by atoms with Gasteiger partial charge in [-0.1, -0.05) is 0 Å². The first-order chi connectivity index (χ1) is 11.7. The van der Waals surface area contributed by atoms with Gasteiger partial charge < -0.3 is 49.6 Å². The molecule has 0 radical (unpaired) electrons. The van der Waals surface area contributed by atoms with Crippen LogP contribution >= 0.6 is 0 Å². The fraction of sp³-hybridized carbons (Fsp3) is 0.929. The zero-order valence-corrected chi connectivity index (χ0v) is 13.7. The molecule has 146 valence electrons. The van der Waals surface area contributed by atoms with Gasteiger partial charge in [-0.3, -0.25) is 4.79 Å². The predicted octanol–water partition coefficient (Wildman–Crippen LogP) is -3.80. The van der Waals surface area contributed by atoms with E-state index in [1.807, 2.05) is 0 Å². The number of hydrogen-bond acceptors (Lipinski definition) is 11. The van der Waals surface area contributed by atoms with Gasteiger partial charge in [-0.2, -0.15) is 0 Å². The van der Waals surface area contributed by atoms with Crippen molar-refractivity contribution in [3.05, 3.63) is 0 Å². The van der Waals surface area contributed by atoms with Crippen LogP contribution in [0, 0.1) is 0 Å². The molecule has 6 N–H and O–H groups in total. The van der Waals surface area contributed by atoms with Gasteiger partial charge in [0.05, 0.1) is 12.7 Å². The lowest BCUT2D eigenvalue weighted by molar-refractivity contribution is -0.352. The summed E-state index contributed by atoms with van der Waals surface area (Å²) in [6.45, 7) is 1.97. The van der Waals surface area contributed by atoms with Crippen LogP contribution in [0.2, 0.25) is 0 Å². The highest BCUT2D eigenvalue weighted by Crippen LogP contribution is 2.29. The van der Waals surface area contributed by atoms with E-state index in [1.165, 1.54) is 6.92 Å². The third-order valence-corrected chi connectivity index (χ3v) is 4.21. The Hall–Kier alpha value is -0.890. The Morgan fingerprint density at radius 1 is 0.960 bits per heavy atom. The van der Waals surface area contributed by atoms with Crippen molar-refractivity contribution in [2.24, 2.45) is 0 Å². The van der Waals surface area contributed by atoms with Crippen molar-refractivity contribution in [3.8, 4) is 0 Å². The lowest BCUT2D eigenvalue weighted by Crippen LogP contribution is -2.64. The van der Waals surface area contributed by atoms with Crippen molar-refractivity contribution in [3.63, 3.8) is 0 Å². The Labute approximate surface area is 143 Å². The second-order valence-electron chi connectivity index (χ2n) is 6.09. The van der Waals surface area contributed by atoms with Gasteiger partial charge in [0.25, 0.3) is 0 Å². The molecule has 25 heavy (non-hydrogen) atoms. The highest BCUT2D eigenvalue weighted by molar-refractivity contribution is 5.66. The molecule has 0 aromatic rings. The Morgan fingerprint density at radius 2 is 1.60 bits per heavy atom. The molecule has 0 spiro atoms. The lowest BCUT2D eigenvalue weighted by atomic mass is 9.97. The van der Waals surface area contributed by atoms with Crippen molar-refractivity contribution < 1.29 is 54.4 Å². The summed E-state index contributed by atoms with van der Waals surface area (Å²) in [4.78, 5) is 11.1. The Kier molecular flexibility index (Phi) is 6.70. The van der Waals surface area contributed by atoms with Gasteiger partial charge in [-0.25, -0.2) is 0 Å². The molecule has 2 aliphatic heterocycles. The average molecular weight is 368 g/mol. The van der Waals surface area contributed by atoms with Crippen molar-refractivity contribution in [2.45, 2.75) is 75.3 Å². The highest BCUT2D eigenvalue weighted by atomic mass is 16.7. The van der Waals surface area contributed by atoms with Gasteiger partial charge in [-0.15, -0.1) is 0 Å². The number of carbonyl (C=O) groups is 1. The minimum absolute atomic E-state index is 0.646. The second kappa shape index (κ2) is 8.20. The zero-order chi connectivity index (χ0) is 18.9. The van der Waals surface area contributed by atoms with Gasteiger partial charge >= 0.3 is 5.97 Å². The number of aliphatic hydroxyl groups excluding tert-OH is 6. The summed E-state index contributed by atoms with van der Waals surface area (Å²) in [5, 5.41) is 59.0. The molecule has 11 heteroatoms. The Balaban J connectivity index is 2.09. The quantitative estimate of drug-likeness (QED) is 0.268. The topological polar surface area (TPSA) is 175 Å². The number of hydrogen-bond donors (Lipinski definition) is 6. The highest BCUT2D eigenvalue weighted by Gasteiger charge is 2.50. The van der Waals surface area contributed by atoms with Crippen LogP contribution in [-0.4, -0.2) is 105 Å². The van der Waals surface area contributed by atoms with Crippen LogP contribution in [-0.2, 0) is 23.7 Å². The molecule has 0 unspecified atom stereocenters. The first-order valence-corrected chi connectivity index (χ1v) is 7.82. The van der Waals surface area contributed by atoms with Gasteiger partial charge in [0.2, 0.25) is 0 Å². The van der Waals surface area contributed by atoms with Crippen molar-refractivity contribution in [1.82, 2.24) is 0 Å². The van der Waals surface area contributed by atoms with Crippen LogP contribution in [0.25, 0.3) is 0 Å². The third-order valence-electron chi connectivity index (χ3n) is 4.21. The van der Waals surface area contributed by atoms with Crippen LogP contribution in [0.3, 0.4) is 0 Å². The van der Waals surface area contributed by atoms with E-state index < -0.39 is 74.0 Å². The fourth-order valence-electron chi connectivity index (χ4n) is 2.86. The molecule has 0 aliphatic carbocycles. The van der Waals surface area contributed by atoms with Crippen molar-refractivity contribution in [2.75, 3.05) is 6.61 Å². The van der Waals surface area contributed by atoms with Crippen LogP contribution in [0.4, 0.5) is 0 Å². The molecule has 0 aromatic carbocycles. The van der Waals surface area contributed by atoms with E-state index in [0.717, 1.165) is 6.92 Å². The van der Waals surface area contributed by atoms with E-state index >= 15 is 0 Å². The van der Waals surface area contributed by atoms with Gasteiger partial charge in [0, 0.05) is 6.92 Å². The Morgan fingerprint density at radius 3 is 2.16 bits per heavy atom. The van der Waals surface area contributed by atoms with Crippen molar-refractivity contribution in [1.29, 1.82) is 0 Å². The molecular formula is C14H24O11. The van der Waals surface area contributed by atoms with E-state index in [2.05, 4.69) is 0 Å². The van der Waals surface area contributed by atoms with Crippen LogP contribution in [0.1, 0.15) is 13.8 Å². The van der Waals surface area contributed by atoms with Crippen LogP contribution in [0.5, 0.6) is 0 Å². The number of rotatable bonds is 4. The molecule has 10 atom stereocenters. The summed E-state index contributed by atoms with van der Waals surface area (Å²) in [5.41, 5.74) is 0. The summed E-state index contributed by atoms with van der Waals surface area (Å²) in [5.74, 6) is -0.671. The second-order valence-corrected chi connectivity index (χ2v) is 6.09. The van der Waals surface area contributed by atoms with Gasteiger partial charge in [0.1, 0.15) is 36.6 Å². The molecular weight excluding hydrogens is 344 g/mol. The summed E-state index contributed by atoms with van der Waals surface area (Å²) >= 11 is 0. The molecule has 0 amide bonds. The van der Waals surface area contributed by atoms with Crippen molar-refractivity contribution >= 4 is 5.97 Å².